The molecule has 1 N–H and O–H groups in total. The van der Waals surface area contributed by atoms with Crippen LogP contribution in [0.15, 0.2) is 54.6 Å². The standard InChI is InChI=1S/C15H15NO2/c1-12-7-9-14(10-8-12)18-15(17)16-11-13-5-3-2-4-6-13/h2-10H,11H2,1H3,(H,16,17). The number of hydrogen-bond donors (Lipinski definition) is 1. The first-order valence-electron chi connectivity index (χ1n) is 5.80. The second kappa shape index (κ2) is 5.87. The molecule has 0 aromatic heterocycles. The molecular weight excluding hydrogens is 226 g/mol. The summed E-state index contributed by atoms with van der Waals surface area (Å²) in [6.45, 7) is 2.45. The van der Waals surface area contributed by atoms with Gasteiger partial charge in [0.2, 0.25) is 0 Å². The number of carbonyl (C=O) groups is 1. The van der Waals surface area contributed by atoms with E-state index in [4.69, 9.17) is 4.74 Å². The zero-order valence-corrected chi connectivity index (χ0v) is 10.2. The summed E-state index contributed by atoms with van der Waals surface area (Å²) < 4.78 is 5.14. The van der Waals surface area contributed by atoms with Crippen LogP contribution in [-0.2, 0) is 6.54 Å². The maximum absolute atomic E-state index is 11.5. The minimum absolute atomic E-state index is 0.442. The Morgan fingerprint density at radius 2 is 1.72 bits per heavy atom. The summed E-state index contributed by atoms with van der Waals surface area (Å²) >= 11 is 0. The molecule has 18 heavy (non-hydrogen) atoms. The van der Waals surface area contributed by atoms with Crippen LogP contribution in [0.1, 0.15) is 11.1 Å². The molecular formula is C15H15NO2. The smallest absolute Gasteiger partial charge is 0.410 e. The Labute approximate surface area is 106 Å². The van der Waals surface area contributed by atoms with E-state index in [1.165, 1.54) is 0 Å². The van der Waals surface area contributed by atoms with Gasteiger partial charge in [0.25, 0.3) is 0 Å². The average Bonchev–Trinajstić information content (AvgIpc) is 2.40. The van der Waals surface area contributed by atoms with E-state index in [0.717, 1.165) is 11.1 Å². The van der Waals surface area contributed by atoms with Crippen molar-refractivity contribution in [1.29, 1.82) is 0 Å². The molecule has 0 atom stereocenters. The van der Waals surface area contributed by atoms with Gasteiger partial charge in [-0.1, -0.05) is 48.0 Å². The van der Waals surface area contributed by atoms with Gasteiger partial charge in [0.05, 0.1) is 0 Å². The van der Waals surface area contributed by atoms with Crippen molar-refractivity contribution in [3.8, 4) is 5.75 Å². The van der Waals surface area contributed by atoms with Crippen LogP contribution in [0.4, 0.5) is 4.79 Å². The predicted octanol–water partition coefficient (Wildman–Crippen LogP) is 3.28. The van der Waals surface area contributed by atoms with E-state index in [1.54, 1.807) is 12.1 Å². The van der Waals surface area contributed by atoms with E-state index in [1.807, 2.05) is 49.4 Å². The summed E-state index contributed by atoms with van der Waals surface area (Å²) in [5.74, 6) is 0.547. The van der Waals surface area contributed by atoms with Crippen molar-refractivity contribution in [2.24, 2.45) is 0 Å². The van der Waals surface area contributed by atoms with Crippen molar-refractivity contribution >= 4 is 6.09 Å². The third kappa shape index (κ3) is 3.63. The molecule has 3 nitrogen and oxygen atoms in total. The molecule has 0 aliphatic carbocycles. The van der Waals surface area contributed by atoms with Gasteiger partial charge in [-0.05, 0) is 24.6 Å². The molecule has 92 valence electrons. The van der Waals surface area contributed by atoms with Crippen molar-refractivity contribution in [1.82, 2.24) is 5.32 Å². The van der Waals surface area contributed by atoms with Crippen molar-refractivity contribution in [2.75, 3.05) is 0 Å². The highest BCUT2D eigenvalue weighted by atomic mass is 16.5. The molecule has 0 fully saturated rings. The fraction of sp³-hybridized carbons (Fsp3) is 0.133. The van der Waals surface area contributed by atoms with Gasteiger partial charge >= 0.3 is 6.09 Å². The molecule has 2 aromatic rings. The lowest BCUT2D eigenvalue weighted by Gasteiger charge is -2.06. The fourth-order valence-corrected chi connectivity index (χ4v) is 1.52. The van der Waals surface area contributed by atoms with Crippen LogP contribution in [0, 0.1) is 6.92 Å². The molecule has 2 aromatic carbocycles. The maximum Gasteiger partial charge on any atom is 0.412 e. The number of benzene rings is 2. The van der Waals surface area contributed by atoms with E-state index >= 15 is 0 Å². The first kappa shape index (κ1) is 12.2. The lowest BCUT2D eigenvalue weighted by molar-refractivity contribution is 0.200. The summed E-state index contributed by atoms with van der Waals surface area (Å²) in [7, 11) is 0. The number of rotatable bonds is 3. The monoisotopic (exact) mass is 241 g/mol. The average molecular weight is 241 g/mol. The van der Waals surface area contributed by atoms with E-state index < -0.39 is 6.09 Å². The number of carbonyl (C=O) groups excluding carboxylic acids is 1. The zero-order chi connectivity index (χ0) is 12.8. The molecule has 0 spiro atoms. The number of ether oxygens (including phenoxy) is 1. The second-order valence-corrected chi connectivity index (χ2v) is 4.04. The fourth-order valence-electron chi connectivity index (χ4n) is 1.52. The molecule has 0 bridgehead atoms. The van der Waals surface area contributed by atoms with Crippen molar-refractivity contribution < 1.29 is 9.53 Å². The van der Waals surface area contributed by atoms with Crippen molar-refractivity contribution in [3.63, 3.8) is 0 Å². The van der Waals surface area contributed by atoms with Gasteiger partial charge in [0.15, 0.2) is 0 Å². The molecule has 0 unspecified atom stereocenters. The first-order valence-corrected chi connectivity index (χ1v) is 5.80. The topological polar surface area (TPSA) is 38.3 Å². The maximum atomic E-state index is 11.5. The summed E-state index contributed by atoms with van der Waals surface area (Å²) in [6, 6.07) is 17.1. The molecule has 2 rings (SSSR count). The number of nitrogens with one attached hydrogen (secondary N) is 1. The zero-order valence-electron chi connectivity index (χ0n) is 10.2. The summed E-state index contributed by atoms with van der Waals surface area (Å²) in [5.41, 5.74) is 2.17. The quantitative estimate of drug-likeness (QED) is 0.895. The van der Waals surface area contributed by atoms with Crippen LogP contribution in [-0.4, -0.2) is 6.09 Å². The largest absolute Gasteiger partial charge is 0.412 e. The molecule has 0 aliphatic heterocycles. The molecule has 0 radical (unpaired) electrons. The van der Waals surface area contributed by atoms with Gasteiger partial charge in [-0.2, -0.15) is 0 Å². The lowest BCUT2D eigenvalue weighted by Crippen LogP contribution is -2.26. The van der Waals surface area contributed by atoms with E-state index in [9.17, 15) is 4.79 Å². The summed E-state index contributed by atoms with van der Waals surface area (Å²) in [4.78, 5) is 11.5. The summed E-state index contributed by atoms with van der Waals surface area (Å²) in [6.07, 6.45) is -0.442. The van der Waals surface area contributed by atoms with E-state index in [2.05, 4.69) is 5.32 Å². The lowest BCUT2D eigenvalue weighted by atomic mass is 10.2. The number of aryl methyl sites for hydroxylation is 1. The second-order valence-electron chi connectivity index (χ2n) is 4.04. The highest BCUT2D eigenvalue weighted by molar-refractivity contribution is 5.70. The molecule has 1 amide bonds. The minimum atomic E-state index is -0.442. The van der Waals surface area contributed by atoms with E-state index in [-0.39, 0.29) is 0 Å². The molecule has 0 saturated heterocycles. The van der Waals surface area contributed by atoms with E-state index in [0.29, 0.717) is 12.3 Å². The Balaban J connectivity index is 1.84. The highest BCUT2D eigenvalue weighted by Gasteiger charge is 2.03. The van der Waals surface area contributed by atoms with Gasteiger partial charge in [0.1, 0.15) is 5.75 Å². The summed E-state index contributed by atoms with van der Waals surface area (Å²) in [5, 5.41) is 2.70. The van der Waals surface area contributed by atoms with Gasteiger partial charge in [0, 0.05) is 6.54 Å². The number of amides is 1. The SMILES string of the molecule is Cc1ccc(OC(=O)NCc2ccccc2)cc1. The normalized spacial score (nSPS) is 9.83. The molecule has 3 heteroatoms. The third-order valence-corrected chi connectivity index (χ3v) is 2.51. The van der Waals surface area contributed by atoms with Crippen LogP contribution in [0.5, 0.6) is 5.75 Å². The Morgan fingerprint density at radius 1 is 1.06 bits per heavy atom. The molecule has 0 saturated carbocycles. The molecule has 0 heterocycles. The van der Waals surface area contributed by atoms with Crippen molar-refractivity contribution in [3.05, 3.63) is 65.7 Å². The Hall–Kier alpha value is -2.29. The Kier molecular flexibility index (Phi) is 3.97. The number of hydrogen-bond acceptors (Lipinski definition) is 2. The third-order valence-electron chi connectivity index (χ3n) is 2.51. The van der Waals surface area contributed by atoms with Gasteiger partial charge < -0.3 is 10.1 Å². The van der Waals surface area contributed by atoms with Crippen LogP contribution >= 0.6 is 0 Å². The Bertz CT molecular complexity index is 506. The van der Waals surface area contributed by atoms with Gasteiger partial charge in [-0.15, -0.1) is 0 Å². The minimum Gasteiger partial charge on any atom is -0.410 e. The van der Waals surface area contributed by atoms with Crippen LogP contribution in [0.25, 0.3) is 0 Å². The van der Waals surface area contributed by atoms with Gasteiger partial charge in [-0.25, -0.2) is 4.79 Å². The predicted molar refractivity (Wildman–Crippen MR) is 70.5 cm³/mol. The van der Waals surface area contributed by atoms with Gasteiger partial charge in [-0.3, -0.25) is 0 Å². The van der Waals surface area contributed by atoms with Crippen LogP contribution < -0.4 is 10.1 Å². The van der Waals surface area contributed by atoms with Crippen LogP contribution in [0.3, 0.4) is 0 Å². The van der Waals surface area contributed by atoms with Crippen LogP contribution in [0.2, 0.25) is 0 Å². The molecule has 0 aliphatic rings. The Morgan fingerprint density at radius 3 is 2.39 bits per heavy atom. The highest BCUT2D eigenvalue weighted by Crippen LogP contribution is 2.11. The first-order chi connectivity index (χ1) is 8.74. The van der Waals surface area contributed by atoms with Crippen molar-refractivity contribution in [2.45, 2.75) is 13.5 Å².